The third-order valence-electron chi connectivity index (χ3n) is 4.26. The van der Waals surface area contributed by atoms with Crippen LogP contribution >= 0.6 is 11.8 Å². The van der Waals surface area contributed by atoms with Crippen LogP contribution in [0.2, 0.25) is 0 Å². The molecule has 1 heterocycles. The summed E-state index contributed by atoms with van der Waals surface area (Å²) in [6.07, 6.45) is 5.95. The third-order valence-corrected chi connectivity index (χ3v) is 5.16. The summed E-state index contributed by atoms with van der Waals surface area (Å²) in [4.78, 5) is 13.4. The SMILES string of the molecule is CCSc1ccc(Cc2nnc(NC(=O)C3CCCCC3)o2)cc1. The van der Waals surface area contributed by atoms with E-state index in [4.69, 9.17) is 4.42 Å². The standard InChI is InChI=1S/C18H23N3O2S/c1-2-24-15-10-8-13(9-11-15)12-16-20-21-18(23-16)19-17(22)14-6-4-3-5-7-14/h8-11,14H,2-7,12H2,1H3,(H,19,21,22). The lowest BCUT2D eigenvalue weighted by molar-refractivity contribution is -0.120. The van der Waals surface area contributed by atoms with Gasteiger partial charge in [-0.1, -0.05) is 43.4 Å². The number of benzene rings is 1. The van der Waals surface area contributed by atoms with Crippen molar-refractivity contribution in [2.45, 2.75) is 50.3 Å². The van der Waals surface area contributed by atoms with E-state index in [1.165, 1.54) is 11.3 Å². The molecule has 0 radical (unpaired) electrons. The molecular weight excluding hydrogens is 322 g/mol. The highest BCUT2D eigenvalue weighted by atomic mass is 32.2. The number of thioether (sulfide) groups is 1. The predicted octanol–water partition coefficient (Wildman–Crippen LogP) is 4.29. The van der Waals surface area contributed by atoms with Crippen LogP contribution in [0, 0.1) is 5.92 Å². The van der Waals surface area contributed by atoms with E-state index in [1.807, 2.05) is 11.8 Å². The van der Waals surface area contributed by atoms with Crippen LogP contribution in [-0.2, 0) is 11.2 Å². The Morgan fingerprint density at radius 2 is 1.96 bits per heavy atom. The Morgan fingerprint density at radius 3 is 2.67 bits per heavy atom. The lowest BCUT2D eigenvalue weighted by atomic mass is 9.89. The molecule has 1 aliphatic rings. The van der Waals surface area contributed by atoms with Crippen molar-refractivity contribution in [2.75, 3.05) is 11.1 Å². The molecule has 1 N–H and O–H groups in total. The summed E-state index contributed by atoms with van der Waals surface area (Å²) in [5.41, 5.74) is 1.12. The molecule has 0 bridgehead atoms. The highest BCUT2D eigenvalue weighted by Crippen LogP contribution is 2.25. The van der Waals surface area contributed by atoms with Crippen molar-refractivity contribution in [1.29, 1.82) is 0 Å². The first-order valence-corrected chi connectivity index (χ1v) is 9.58. The van der Waals surface area contributed by atoms with Crippen molar-refractivity contribution < 1.29 is 9.21 Å². The van der Waals surface area contributed by atoms with Crippen LogP contribution in [-0.4, -0.2) is 21.9 Å². The average molecular weight is 345 g/mol. The molecule has 128 valence electrons. The summed E-state index contributed by atoms with van der Waals surface area (Å²) in [6, 6.07) is 8.56. The number of rotatable bonds is 6. The zero-order chi connectivity index (χ0) is 16.8. The van der Waals surface area contributed by atoms with E-state index in [-0.39, 0.29) is 17.8 Å². The number of aromatic nitrogens is 2. The first kappa shape index (κ1) is 17.0. The van der Waals surface area contributed by atoms with Gasteiger partial charge in [0.05, 0.1) is 6.42 Å². The molecule has 0 saturated heterocycles. The quantitative estimate of drug-likeness (QED) is 0.791. The van der Waals surface area contributed by atoms with Crippen molar-refractivity contribution in [3.63, 3.8) is 0 Å². The zero-order valence-electron chi connectivity index (χ0n) is 14.0. The minimum absolute atomic E-state index is 0.00541. The van der Waals surface area contributed by atoms with E-state index in [0.717, 1.165) is 37.0 Å². The van der Waals surface area contributed by atoms with E-state index < -0.39 is 0 Å². The molecule has 0 unspecified atom stereocenters. The lowest BCUT2D eigenvalue weighted by Crippen LogP contribution is -2.24. The number of hydrogen-bond donors (Lipinski definition) is 1. The molecule has 1 aliphatic carbocycles. The van der Waals surface area contributed by atoms with Crippen molar-refractivity contribution in [2.24, 2.45) is 5.92 Å². The van der Waals surface area contributed by atoms with Crippen LogP contribution in [0.5, 0.6) is 0 Å². The van der Waals surface area contributed by atoms with Gasteiger partial charge in [0.2, 0.25) is 11.8 Å². The van der Waals surface area contributed by atoms with Gasteiger partial charge in [-0.05, 0) is 36.3 Å². The molecule has 6 heteroatoms. The highest BCUT2D eigenvalue weighted by molar-refractivity contribution is 7.99. The number of carbonyl (C=O) groups is 1. The smallest absolute Gasteiger partial charge is 0.322 e. The summed E-state index contributed by atoms with van der Waals surface area (Å²) in [5, 5.41) is 10.7. The Balaban J connectivity index is 1.55. The largest absolute Gasteiger partial charge is 0.407 e. The first-order valence-electron chi connectivity index (χ1n) is 8.59. The molecule has 1 fully saturated rings. The van der Waals surface area contributed by atoms with Gasteiger partial charge in [0, 0.05) is 10.8 Å². The second kappa shape index (κ2) is 8.33. The van der Waals surface area contributed by atoms with Crippen LogP contribution in [0.4, 0.5) is 6.01 Å². The minimum atomic E-state index is 0.00541. The summed E-state index contributed by atoms with van der Waals surface area (Å²) in [6.45, 7) is 2.14. The third kappa shape index (κ3) is 4.60. The van der Waals surface area contributed by atoms with Crippen LogP contribution in [0.15, 0.2) is 33.6 Å². The monoisotopic (exact) mass is 345 g/mol. The van der Waals surface area contributed by atoms with E-state index >= 15 is 0 Å². The fourth-order valence-corrected chi connectivity index (χ4v) is 3.65. The average Bonchev–Trinajstić information content (AvgIpc) is 3.04. The first-order chi connectivity index (χ1) is 11.7. The van der Waals surface area contributed by atoms with Gasteiger partial charge in [0.15, 0.2) is 0 Å². The number of nitrogens with zero attached hydrogens (tertiary/aromatic N) is 2. The molecule has 1 amide bonds. The fourth-order valence-electron chi connectivity index (χ4n) is 2.99. The second-order valence-electron chi connectivity index (χ2n) is 6.08. The highest BCUT2D eigenvalue weighted by Gasteiger charge is 2.22. The molecule has 1 aromatic heterocycles. The molecule has 1 saturated carbocycles. The maximum atomic E-state index is 12.2. The van der Waals surface area contributed by atoms with Gasteiger partial charge >= 0.3 is 6.01 Å². The number of nitrogens with one attached hydrogen (secondary N) is 1. The van der Waals surface area contributed by atoms with Crippen LogP contribution in [0.1, 0.15) is 50.5 Å². The van der Waals surface area contributed by atoms with E-state index in [9.17, 15) is 4.79 Å². The number of anilines is 1. The maximum absolute atomic E-state index is 12.2. The zero-order valence-corrected chi connectivity index (χ0v) is 14.8. The molecular formula is C18H23N3O2S. The molecule has 24 heavy (non-hydrogen) atoms. The maximum Gasteiger partial charge on any atom is 0.322 e. The Morgan fingerprint density at radius 1 is 1.21 bits per heavy atom. The molecule has 3 rings (SSSR count). The molecule has 5 nitrogen and oxygen atoms in total. The molecule has 0 spiro atoms. The number of amides is 1. The van der Waals surface area contributed by atoms with E-state index in [0.29, 0.717) is 12.3 Å². The summed E-state index contributed by atoms with van der Waals surface area (Å²) in [5.74, 6) is 1.67. The summed E-state index contributed by atoms with van der Waals surface area (Å²) < 4.78 is 5.57. The second-order valence-corrected chi connectivity index (χ2v) is 7.42. The van der Waals surface area contributed by atoms with Gasteiger partial charge in [-0.3, -0.25) is 10.1 Å². The van der Waals surface area contributed by atoms with Gasteiger partial charge in [-0.25, -0.2) is 0 Å². The van der Waals surface area contributed by atoms with E-state index in [2.05, 4.69) is 46.7 Å². The fraction of sp³-hybridized carbons (Fsp3) is 0.500. The molecule has 0 atom stereocenters. The van der Waals surface area contributed by atoms with Crippen molar-refractivity contribution in [3.05, 3.63) is 35.7 Å². The topological polar surface area (TPSA) is 68.0 Å². The van der Waals surface area contributed by atoms with Crippen LogP contribution in [0.25, 0.3) is 0 Å². The minimum Gasteiger partial charge on any atom is -0.407 e. The number of carbonyl (C=O) groups excluding carboxylic acids is 1. The Bertz CT molecular complexity index is 663. The van der Waals surface area contributed by atoms with Gasteiger partial charge in [0.25, 0.3) is 0 Å². The van der Waals surface area contributed by atoms with E-state index in [1.54, 1.807) is 0 Å². The molecule has 2 aromatic rings. The van der Waals surface area contributed by atoms with Crippen molar-refractivity contribution in [1.82, 2.24) is 10.2 Å². The van der Waals surface area contributed by atoms with Gasteiger partial charge in [-0.15, -0.1) is 16.9 Å². The van der Waals surface area contributed by atoms with Crippen LogP contribution in [0.3, 0.4) is 0 Å². The number of hydrogen-bond acceptors (Lipinski definition) is 5. The normalized spacial score (nSPS) is 15.4. The summed E-state index contributed by atoms with van der Waals surface area (Å²) >= 11 is 1.82. The Hall–Kier alpha value is -1.82. The Labute approximate surface area is 146 Å². The van der Waals surface area contributed by atoms with Gasteiger partial charge < -0.3 is 4.42 Å². The predicted molar refractivity (Wildman–Crippen MR) is 95.1 cm³/mol. The Kier molecular flexibility index (Phi) is 5.91. The van der Waals surface area contributed by atoms with Crippen LogP contribution < -0.4 is 5.32 Å². The summed E-state index contributed by atoms with van der Waals surface area (Å²) in [7, 11) is 0. The molecule has 0 aliphatic heterocycles. The molecule has 1 aromatic carbocycles. The lowest BCUT2D eigenvalue weighted by Gasteiger charge is -2.19. The van der Waals surface area contributed by atoms with Gasteiger partial charge in [-0.2, -0.15) is 0 Å². The van der Waals surface area contributed by atoms with Gasteiger partial charge in [0.1, 0.15) is 0 Å². The van der Waals surface area contributed by atoms with Crippen molar-refractivity contribution >= 4 is 23.7 Å². The van der Waals surface area contributed by atoms with Crippen molar-refractivity contribution in [3.8, 4) is 0 Å².